The number of esters is 1. The van der Waals surface area contributed by atoms with Crippen LogP contribution in [0.25, 0.3) is 0 Å². The Labute approximate surface area is 157 Å². The van der Waals surface area contributed by atoms with Gasteiger partial charge < -0.3 is 15.4 Å². The second-order valence-corrected chi connectivity index (χ2v) is 7.15. The molecule has 0 spiro atoms. The fourth-order valence-electron chi connectivity index (χ4n) is 2.31. The number of nitrogens with two attached hydrogens (primary N) is 1. The Morgan fingerprint density at radius 3 is 2.37 bits per heavy atom. The summed E-state index contributed by atoms with van der Waals surface area (Å²) in [6, 6.07) is 12.2. The number of ether oxygens (including phenoxy) is 1. The van der Waals surface area contributed by atoms with Gasteiger partial charge in [-0.3, -0.25) is 0 Å². The molecule has 2 amide bonds. The minimum atomic E-state index is -3.72. The molecule has 2 aromatic carbocycles. The van der Waals surface area contributed by atoms with Crippen molar-refractivity contribution in [3.63, 3.8) is 0 Å². The van der Waals surface area contributed by atoms with Crippen LogP contribution in [0.5, 0.6) is 0 Å². The molecule has 9 heteroatoms. The highest BCUT2D eigenvalue weighted by molar-refractivity contribution is 7.89. The van der Waals surface area contributed by atoms with Gasteiger partial charge in [0.2, 0.25) is 10.0 Å². The summed E-state index contributed by atoms with van der Waals surface area (Å²) in [5.74, 6) is -0.511. The summed E-state index contributed by atoms with van der Waals surface area (Å²) in [5, 5.41) is 10.3. The molecule has 2 aromatic rings. The zero-order chi connectivity index (χ0) is 19.9. The number of benzene rings is 2. The molecular formula is C18H21N3O5S. The van der Waals surface area contributed by atoms with E-state index in [1.54, 1.807) is 43.3 Å². The Kier molecular flexibility index (Phi) is 6.91. The van der Waals surface area contributed by atoms with Gasteiger partial charge in [0.25, 0.3) is 0 Å². The number of urea groups is 1. The van der Waals surface area contributed by atoms with Gasteiger partial charge >= 0.3 is 12.0 Å². The van der Waals surface area contributed by atoms with Crippen LogP contribution in [0.15, 0.2) is 53.4 Å². The molecule has 144 valence electrons. The summed E-state index contributed by atoms with van der Waals surface area (Å²) in [6.07, 6.45) is 0.498. The molecular weight excluding hydrogens is 370 g/mol. The smallest absolute Gasteiger partial charge is 0.340 e. The van der Waals surface area contributed by atoms with Crippen molar-refractivity contribution in [2.24, 2.45) is 5.14 Å². The molecule has 0 bridgehead atoms. The standard InChI is InChI=1S/C18H21N3O5S/c1-2-26-17(22)15-5-3-4-6-16(15)21-18(23)20-12-11-13-7-9-14(10-8-13)27(19,24)25/h3-10H,2,11-12H2,1H3,(H2,19,24,25)(H2,20,21,23). The van der Waals surface area contributed by atoms with Gasteiger partial charge in [-0.05, 0) is 43.2 Å². The summed E-state index contributed by atoms with van der Waals surface area (Å²) in [7, 11) is -3.72. The quantitative estimate of drug-likeness (QED) is 0.621. The summed E-state index contributed by atoms with van der Waals surface area (Å²) in [5.41, 5.74) is 1.47. The van der Waals surface area contributed by atoms with Crippen molar-refractivity contribution in [3.8, 4) is 0 Å². The lowest BCUT2D eigenvalue weighted by Crippen LogP contribution is -2.31. The molecule has 0 aliphatic heterocycles. The van der Waals surface area contributed by atoms with Crippen molar-refractivity contribution in [2.45, 2.75) is 18.2 Å². The number of carbonyl (C=O) groups is 2. The fraction of sp³-hybridized carbons (Fsp3) is 0.222. The first-order chi connectivity index (χ1) is 12.8. The maximum absolute atomic E-state index is 12.1. The number of hydrogen-bond acceptors (Lipinski definition) is 5. The maximum atomic E-state index is 12.1. The third-order valence-corrected chi connectivity index (χ3v) is 4.55. The maximum Gasteiger partial charge on any atom is 0.340 e. The van der Waals surface area contributed by atoms with Gasteiger partial charge in [-0.25, -0.2) is 23.1 Å². The number of amides is 2. The molecule has 0 unspecified atom stereocenters. The van der Waals surface area contributed by atoms with E-state index >= 15 is 0 Å². The average Bonchev–Trinajstić information content (AvgIpc) is 2.62. The third-order valence-electron chi connectivity index (χ3n) is 3.62. The van der Waals surface area contributed by atoms with Crippen molar-refractivity contribution < 1.29 is 22.7 Å². The van der Waals surface area contributed by atoms with Crippen LogP contribution in [0.4, 0.5) is 10.5 Å². The molecule has 0 aromatic heterocycles. The summed E-state index contributed by atoms with van der Waals surface area (Å²) < 4.78 is 27.4. The van der Waals surface area contributed by atoms with Crippen molar-refractivity contribution in [1.82, 2.24) is 5.32 Å². The molecule has 0 heterocycles. The largest absolute Gasteiger partial charge is 0.462 e. The van der Waals surface area contributed by atoms with E-state index in [9.17, 15) is 18.0 Å². The molecule has 0 aliphatic carbocycles. The van der Waals surface area contributed by atoms with E-state index in [1.807, 2.05) is 0 Å². The second-order valence-electron chi connectivity index (χ2n) is 5.59. The molecule has 0 saturated heterocycles. The van der Waals surface area contributed by atoms with E-state index in [1.165, 1.54) is 12.1 Å². The second kappa shape index (κ2) is 9.15. The Hall–Kier alpha value is -2.91. The van der Waals surface area contributed by atoms with Gasteiger partial charge in [-0.1, -0.05) is 24.3 Å². The lowest BCUT2D eigenvalue weighted by atomic mass is 10.1. The van der Waals surface area contributed by atoms with Crippen LogP contribution in [0, 0.1) is 0 Å². The highest BCUT2D eigenvalue weighted by atomic mass is 32.2. The molecule has 4 N–H and O–H groups in total. The molecule has 2 rings (SSSR count). The number of rotatable bonds is 7. The minimum Gasteiger partial charge on any atom is -0.462 e. The van der Waals surface area contributed by atoms with Gasteiger partial charge in [-0.15, -0.1) is 0 Å². The lowest BCUT2D eigenvalue weighted by Gasteiger charge is -2.11. The average molecular weight is 391 g/mol. The first kappa shape index (κ1) is 20.4. The molecule has 0 radical (unpaired) electrons. The number of hydrogen-bond donors (Lipinski definition) is 3. The highest BCUT2D eigenvalue weighted by Gasteiger charge is 2.13. The zero-order valence-corrected chi connectivity index (χ0v) is 15.6. The topological polar surface area (TPSA) is 128 Å². The zero-order valence-electron chi connectivity index (χ0n) is 14.8. The van der Waals surface area contributed by atoms with Crippen LogP contribution >= 0.6 is 0 Å². The number of sulfonamides is 1. The molecule has 27 heavy (non-hydrogen) atoms. The first-order valence-corrected chi connectivity index (χ1v) is 9.78. The number of primary sulfonamides is 1. The van der Waals surface area contributed by atoms with Crippen molar-refractivity contribution in [3.05, 3.63) is 59.7 Å². The highest BCUT2D eigenvalue weighted by Crippen LogP contribution is 2.16. The van der Waals surface area contributed by atoms with Crippen LogP contribution in [0.2, 0.25) is 0 Å². The van der Waals surface area contributed by atoms with Gasteiger partial charge in [0.1, 0.15) is 0 Å². The molecule has 0 fully saturated rings. The normalized spacial score (nSPS) is 10.9. The van der Waals surface area contributed by atoms with E-state index in [-0.39, 0.29) is 17.1 Å². The predicted octanol–water partition coefficient (Wildman–Crippen LogP) is 1.87. The van der Waals surface area contributed by atoms with Crippen LogP contribution in [0.1, 0.15) is 22.8 Å². The van der Waals surface area contributed by atoms with Crippen LogP contribution in [-0.4, -0.2) is 33.6 Å². The number of carbonyl (C=O) groups excluding carboxylic acids is 2. The Bertz CT molecular complexity index is 911. The molecule has 0 saturated carbocycles. The lowest BCUT2D eigenvalue weighted by molar-refractivity contribution is 0.0527. The number of anilines is 1. The Morgan fingerprint density at radius 1 is 1.07 bits per heavy atom. The van der Waals surface area contributed by atoms with E-state index in [0.717, 1.165) is 5.56 Å². The van der Waals surface area contributed by atoms with Gasteiger partial charge in [-0.2, -0.15) is 0 Å². The van der Waals surface area contributed by atoms with Crippen molar-refractivity contribution in [2.75, 3.05) is 18.5 Å². The summed E-state index contributed by atoms with van der Waals surface area (Å²) in [4.78, 5) is 24.0. The minimum absolute atomic E-state index is 0.0347. The van der Waals surface area contributed by atoms with Crippen molar-refractivity contribution in [1.29, 1.82) is 0 Å². The monoisotopic (exact) mass is 391 g/mol. The predicted molar refractivity (Wildman–Crippen MR) is 101 cm³/mol. The van der Waals surface area contributed by atoms with E-state index in [4.69, 9.17) is 9.88 Å². The Morgan fingerprint density at radius 2 is 1.74 bits per heavy atom. The SMILES string of the molecule is CCOC(=O)c1ccccc1NC(=O)NCCc1ccc(S(N)(=O)=O)cc1. The van der Waals surface area contributed by atoms with Crippen LogP contribution in [-0.2, 0) is 21.2 Å². The Balaban J connectivity index is 1.89. The first-order valence-electron chi connectivity index (χ1n) is 8.24. The van der Waals surface area contributed by atoms with E-state index < -0.39 is 22.0 Å². The van der Waals surface area contributed by atoms with E-state index in [2.05, 4.69) is 10.6 Å². The van der Waals surface area contributed by atoms with Crippen LogP contribution < -0.4 is 15.8 Å². The third kappa shape index (κ3) is 6.08. The van der Waals surface area contributed by atoms with Crippen molar-refractivity contribution >= 4 is 27.7 Å². The summed E-state index contributed by atoms with van der Waals surface area (Å²) >= 11 is 0. The molecule has 0 atom stereocenters. The molecule has 0 aliphatic rings. The van der Waals surface area contributed by atoms with E-state index in [0.29, 0.717) is 18.7 Å². The molecule has 8 nitrogen and oxygen atoms in total. The van der Waals surface area contributed by atoms with Gasteiger partial charge in [0, 0.05) is 6.54 Å². The van der Waals surface area contributed by atoms with Gasteiger partial charge in [0.05, 0.1) is 22.8 Å². The number of para-hydroxylation sites is 1. The number of nitrogens with one attached hydrogen (secondary N) is 2. The van der Waals surface area contributed by atoms with Gasteiger partial charge in [0.15, 0.2) is 0 Å². The summed E-state index contributed by atoms with van der Waals surface area (Å²) in [6.45, 7) is 2.27. The fourth-order valence-corrected chi connectivity index (χ4v) is 2.83. The van der Waals surface area contributed by atoms with Crippen LogP contribution in [0.3, 0.4) is 0 Å².